The van der Waals surface area contributed by atoms with Gasteiger partial charge in [0.1, 0.15) is 12.3 Å². The molecule has 0 bridgehead atoms. The molecule has 1 unspecified atom stereocenters. The smallest absolute Gasteiger partial charge is 0.255 e. The zero-order chi connectivity index (χ0) is 20.6. The number of rotatable bonds is 8. The molecule has 1 saturated heterocycles. The van der Waals surface area contributed by atoms with Crippen molar-refractivity contribution in [3.8, 4) is 11.8 Å². The first-order valence-corrected chi connectivity index (χ1v) is 10.3. The number of nitrogens with zero attached hydrogens (tertiary/aromatic N) is 1. The average molecular weight is 394 g/mol. The van der Waals surface area contributed by atoms with Crippen LogP contribution in [0.4, 0.5) is 0 Å². The summed E-state index contributed by atoms with van der Waals surface area (Å²) in [4.78, 5) is 48.2. The normalized spacial score (nSPS) is 18.1. The zero-order valence-electron chi connectivity index (χ0n) is 16.5. The molecule has 3 rings (SSSR count). The molecule has 2 aliphatic heterocycles. The molecule has 1 aromatic carbocycles. The minimum absolute atomic E-state index is 0.173. The Morgan fingerprint density at radius 2 is 1.90 bits per heavy atom. The summed E-state index contributed by atoms with van der Waals surface area (Å²) in [6, 6.07) is 4.90. The van der Waals surface area contributed by atoms with Gasteiger partial charge in [-0.25, -0.2) is 0 Å². The fourth-order valence-electron chi connectivity index (χ4n) is 3.83. The van der Waals surface area contributed by atoms with Gasteiger partial charge in [0, 0.05) is 36.9 Å². The Hall–Kier alpha value is -2.94. The summed E-state index contributed by atoms with van der Waals surface area (Å²) >= 11 is 0. The van der Waals surface area contributed by atoms with Crippen molar-refractivity contribution in [2.45, 2.75) is 70.4 Å². The molecule has 2 heterocycles. The number of fused-ring (bicyclic) bond motifs is 1. The van der Waals surface area contributed by atoms with Gasteiger partial charge >= 0.3 is 0 Å². The summed E-state index contributed by atoms with van der Waals surface area (Å²) in [5, 5.41) is 2.32. The maximum absolute atomic E-state index is 12.8. The number of hydrogen-bond acceptors (Lipinski definition) is 4. The molecule has 6 nitrogen and oxygen atoms in total. The number of aldehydes is 1. The third-order valence-electron chi connectivity index (χ3n) is 5.43. The van der Waals surface area contributed by atoms with E-state index in [4.69, 9.17) is 0 Å². The van der Waals surface area contributed by atoms with Crippen molar-refractivity contribution in [2.75, 3.05) is 0 Å². The lowest BCUT2D eigenvalue weighted by Gasteiger charge is -2.29. The molecule has 0 radical (unpaired) electrons. The second-order valence-electron chi connectivity index (χ2n) is 7.51. The van der Waals surface area contributed by atoms with Crippen LogP contribution >= 0.6 is 0 Å². The second kappa shape index (κ2) is 10.0. The lowest BCUT2D eigenvalue weighted by Crippen LogP contribution is -2.52. The van der Waals surface area contributed by atoms with Gasteiger partial charge in [0.15, 0.2) is 0 Å². The Morgan fingerprint density at radius 3 is 2.69 bits per heavy atom. The number of benzene rings is 1. The molecule has 0 aromatic heterocycles. The molecular weight excluding hydrogens is 368 g/mol. The number of amides is 3. The minimum atomic E-state index is -0.604. The zero-order valence-corrected chi connectivity index (χ0v) is 16.5. The van der Waals surface area contributed by atoms with E-state index in [2.05, 4.69) is 17.2 Å². The SMILES string of the molecule is O=CCCCCCCCC#Cc1cccc2c1CN(C1CCC(=O)NC1=O)C2=O. The van der Waals surface area contributed by atoms with Gasteiger partial charge in [0.05, 0.1) is 0 Å². The van der Waals surface area contributed by atoms with E-state index in [1.807, 2.05) is 12.1 Å². The van der Waals surface area contributed by atoms with Crippen molar-refractivity contribution in [2.24, 2.45) is 0 Å². The van der Waals surface area contributed by atoms with Gasteiger partial charge in [0.2, 0.25) is 11.8 Å². The molecular formula is C23H26N2O4. The van der Waals surface area contributed by atoms with E-state index in [1.54, 1.807) is 11.0 Å². The lowest BCUT2D eigenvalue weighted by molar-refractivity contribution is -0.136. The molecule has 29 heavy (non-hydrogen) atoms. The van der Waals surface area contributed by atoms with E-state index in [0.29, 0.717) is 24.9 Å². The fraction of sp³-hybridized carbons (Fsp3) is 0.478. The predicted molar refractivity (Wildman–Crippen MR) is 108 cm³/mol. The minimum Gasteiger partial charge on any atom is -0.322 e. The van der Waals surface area contributed by atoms with Gasteiger partial charge in [-0.05, 0) is 37.0 Å². The van der Waals surface area contributed by atoms with Crippen LogP contribution < -0.4 is 5.32 Å². The van der Waals surface area contributed by atoms with Crippen LogP contribution in [-0.4, -0.2) is 34.9 Å². The van der Waals surface area contributed by atoms with Gasteiger partial charge in [0.25, 0.3) is 5.91 Å². The number of unbranched alkanes of at least 4 members (excludes halogenated alkanes) is 6. The summed E-state index contributed by atoms with van der Waals surface area (Å²) in [6.45, 7) is 0.349. The third-order valence-corrected chi connectivity index (χ3v) is 5.43. The fourth-order valence-corrected chi connectivity index (χ4v) is 3.83. The predicted octanol–water partition coefficient (Wildman–Crippen LogP) is 2.73. The topological polar surface area (TPSA) is 83.6 Å². The molecule has 0 saturated carbocycles. The van der Waals surface area contributed by atoms with E-state index >= 15 is 0 Å². The lowest BCUT2D eigenvalue weighted by atomic mass is 10.0. The number of carbonyl (C=O) groups is 4. The molecule has 6 heteroatoms. The maximum atomic E-state index is 12.8. The van der Waals surface area contributed by atoms with E-state index in [1.165, 1.54) is 0 Å². The molecule has 1 fully saturated rings. The van der Waals surface area contributed by atoms with Crippen LogP contribution in [-0.2, 0) is 20.9 Å². The Kier molecular flexibility index (Phi) is 7.18. The van der Waals surface area contributed by atoms with E-state index < -0.39 is 11.9 Å². The molecule has 0 aliphatic carbocycles. The monoisotopic (exact) mass is 394 g/mol. The highest BCUT2D eigenvalue weighted by molar-refractivity contribution is 6.05. The van der Waals surface area contributed by atoms with Crippen molar-refractivity contribution in [1.29, 1.82) is 0 Å². The van der Waals surface area contributed by atoms with Crippen LogP contribution in [0.15, 0.2) is 18.2 Å². The Bertz CT molecular complexity index is 865. The first-order chi connectivity index (χ1) is 14.1. The van der Waals surface area contributed by atoms with Gasteiger partial charge in [-0.1, -0.05) is 37.2 Å². The standard InChI is InChI=1S/C23H26N2O4/c26-15-8-6-4-2-1-3-5-7-10-17-11-9-12-18-19(17)16-25(23(18)29)20-13-14-21(27)24-22(20)28/h9,11-12,15,20H,1-6,8,13-14,16H2,(H,24,27,28). The molecule has 3 amide bonds. The van der Waals surface area contributed by atoms with Crippen molar-refractivity contribution in [1.82, 2.24) is 10.2 Å². The quantitative estimate of drug-likeness (QED) is 0.318. The summed E-state index contributed by atoms with van der Waals surface area (Å²) < 4.78 is 0. The van der Waals surface area contributed by atoms with Crippen molar-refractivity contribution in [3.05, 3.63) is 34.9 Å². The largest absolute Gasteiger partial charge is 0.322 e. The summed E-state index contributed by atoms with van der Waals surface area (Å²) in [5.74, 6) is 5.53. The number of imide groups is 1. The van der Waals surface area contributed by atoms with Crippen molar-refractivity contribution >= 4 is 24.0 Å². The van der Waals surface area contributed by atoms with Gasteiger partial charge < -0.3 is 9.69 Å². The number of carbonyl (C=O) groups excluding carboxylic acids is 4. The van der Waals surface area contributed by atoms with Gasteiger partial charge in [-0.2, -0.15) is 0 Å². The van der Waals surface area contributed by atoms with E-state index in [0.717, 1.165) is 55.9 Å². The average Bonchev–Trinajstić information content (AvgIpc) is 3.04. The van der Waals surface area contributed by atoms with Gasteiger partial charge in [-0.3, -0.25) is 19.7 Å². The molecule has 1 aromatic rings. The molecule has 2 aliphatic rings. The Morgan fingerprint density at radius 1 is 1.10 bits per heavy atom. The first-order valence-electron chi connectivity index (χ1n) is 10.3. The summed E-state index contributed by atoms with van der Waals surface area (Å²) in [7, 11) is 0. The van der Waals surface area contributed by atoms with Crippen LogP contribution in [0, 0.1) is 11.8 Å². The summed E-state index contributed by atoms with van der Waals surface area (Å²) in [6.07, 6.45) is 8.29. The van der Waals surface area contributed by atoms with Crippen LogP contribution in [0.3, 0.4) is 0 Å². The van der Waals surface area contributed by atoms with Crippen LogP contribution in [0.2, 0.25) is 0 Å². The number of hydrogen-bond donors (Lipinski definition) is 1. The number of piperidine rings is 1. The molecule has 152 valence electrons. The Labute approximate surface area is 171 Å². The third kappa shape index (κ3) is 5.11. The highest BCUT2D eigenvalue weighted by Crippen LogP contribution is 2.29. The summed E-state index contributed by atoms with van der Waals surface area (Å²) in [5.41, 5.74) is 2.29. The number of nitrogens with one attached hydrogen (secondary N) is 1. The molecule has 1 N–H and O–H groups in total. The Balaban J connectivity index is 1.58. The van der Waals surface area contributed by atoms with Crippen molar-refractivity contribution < 1.29 is 19.2 Å². The second-order valence-corrected chi connectivity index (χ2v) is 7.51. The first kappa shape index (κ1) is 20.8. The van der Waals surface area contributed by atoms with Crippen LogP contribution in [0.25, 0.3) is 0 Å². The van der Waals surface area contributed by atoms with E-state index in [9.17, 15) is 19.2 Å². The highest BCUT2D eigenvalue weighted by atomic mass is 16.2. The van der Waals surface area contributed by atoms with Crippen LogP contribution in [0.1, 0.15) is 79.3 Å². The van der Waals surface area contributed by atoms with Gasteiger partial charge in [-0.15, -0.1) is 0 Å². The molecule has 1 atom stereocenters. The van der Waals surface area contributed by atoms with E-state index in [-0.39, 0.29) is 18.2 Å². The molecule has 0 spiro atoms. The maximum Gasteiger partial charge on any atom is 0.255 e. The highest BCUT2D eigenvalue weighted by Gasteiger charge is 2.39. The van der Waals surface area contributed by atoms with Crippen molar-refractivity contribution in [3.63, 3.8) is 0 Å². The van der Waals surface area contributed by atoms with Crippen LogP contribution in [0.5, 0.6) is 0 Å².